The van der Waals surface area contributed by atoms with Gasteiger partial charge in [0.25, 0.3) is 17.7 Å². The van der Waals surface area contributed by atoms with Gasteiger partial charge in [0, 0.05) is 18.8 Å². The van der Waals surface area contributed by atoms with Gasteiger partial charge in [-0.1, -0.05) is 29.8 Å². The zero-order valence-corrected chi connectivity index (χ0v) is 15.6. The molecule has 0 aromatic heterocycles. The lowest BCUT2D eigenvalue weighted by Crippen LogP contribution is -2.41. The summed E-state index contributed by atoms with van der Waals surface area (Å²) in [6, 6.07) is 12.9. The fraction of sp³-hybridized carbons (Fsp3) is 0.238. The van der Waals surface area contributed by atoms with Gasteiger partial charge in [-0.3, -0.25) is 29.1 Å². The lowest BCUT2D eigenvalue weighted by Gasteiger charge is -2.20. The normalized spacial score (nSPS) is 19.1. The third-order valence-electron chi connectivity index (χ3n) is 5.19. The van der Waals surface area contributed by atoms with Crippen LogP contribution in [0.4, 0.5) is 10.5 Å². The van der Waals surface area contributed by atoms with E-state index in [0.29, 0.717) is 16.8 Å². The Morgan fingerprint density at radius 3 is 1.89 bits per heavy atom. The first-order valence-electron chi connectivity index (χ1n) is 9.06. The Morgan fingerprint density at radius 1 is 0.786 bits per heavy atom. The van der Waals surface area contributed by atoms with Crippen LogP contribution < -0.4 is 4.90 Å². The number of aryl methyl sites for hydroxylation is 1. The predicted octanol–water partition coefficient (Wildman–Crippen LogP) is 2.45. The number of imide groups is 2. The molecule has 2 aromatic rings. The summed E-state index contributed by atoms with van der Waals surface area (Å²) in [7, 11) is 0. The molecule has 0 bridgehead atoms. The summed E-state index contributed by atoms with van der Waals surface area (Å²) in [5.74, 6) is -1.14. The van der Waals surface area contributed by atoms with Crippen LogP contribution in [-0.4, -0.2) is 52.7 Å². The van der Waals surface area contributed by atoms with Crippen LogP contribution in [0.15, 0.2) is 48.5 Å². The van der Waals surface area contributed by atoms with E-state index in [0.717, 1.165) is 15.4 Å². The summed E-state index contributed by atoms with van der Waals surface area (Å²) in [6.07, 6.45) is 0. The van der Waals surface area contributed by atoms with Crippen molar-refractivity contribution in [2.75, 3.05) is 18.0 Å². The second-order valence-corrected chi connectivity index (χ2v) is 6.96. The van der Waals surface area contributed by atoms with Crippen LogP contribution in [0, 0.1) is 6.92 Å². The fourth-order valence-electron chi connectivity index (χ4n) is 3.61. The number of amides is 5. The lowest BCUT2D eigenvalue weighted by molar-refractivity contribution is -0.127. The van der Waals surface area contributed by atoms with Crippen LogP contribution >= 0.6 is 0 Å². The van der Waals surface area contributed by atoms with Crippen molar-refractivity contribution in [2.45, 2.75) is 19.9 Å². The van der Waals surface area contributed by atoms with E-state index in [9.17, 15) is 19.2 Å². The average molecular weight is 377 g/mol. The van der Waals surface area contributed by atoms with Crippen molar-refractivity contribution in [1.82, 2.24) is 9.80 Å². The summed E-state index contributed by atoms with van der Waals surface area (Å²) in [4.78, 5) is 54.0. The first-order chi connectivity index (χ1) is 13.4. The van der Waals surface area contributed by atoms with Gasteiger partial charge in [-0.25, -0.2) is 4.79 Å². The van der Waals surface area contributed by atoms with Crippen LogP contribution in [0.1, 0.15) is 33.2 Å². The number of rotatable bonds is 4. The zero-order valence-electron chi connectivity index (χ0n) is 15.6. The number of benzene rings is 2. The zero-order chi connectivity index (χ0) is 20.0. The molecular formula is C21H19N3O4. The maximum Gasteiger partial charge on any atom is 0.332 e. The maximum absolute atomic E-state index is 12.8. The molecule has 142 valence electrons. The third kappa shape index (κ3) is 2.67. The highest BCUT2D eigenvalue weighted by atomic mass is 16.2. The molecule has 1 saturated heterocycles. The minimum absolute atomic E-state index is 0.0295. The van der Waals surface area contributed by atoms with Crippen LogP contribution in [0.5, 0.6) is 0 Å². The van der Waals surface area contributed by atoms with Gasteiger partial charge in [0.2, 0.25) is 0 Å². The minimum atomic E-state index is -0.641. The van der Waals surface area contributed by atoms with Crippen LogP contribution in [0.2, 0.25) is 0 Å². The predicted molar refractivity (Wildman–Crippen MR) is 102 cm³/mol. The molecule has 4 rings (SSSR count). The lowest BCUT2D eigenvalue weighted by atomic mass is 10.1. The molecule has 1 fully saturated rings. The highest BCUT2D eigenvalue weighted by Gasteiger charge is 2.44. The topological polar surface area (TPSA) is 78.0 Å². The number of fused-ring (bicyclic) bond motifs is 1. The molecule has 2 aliphatic heterocycles. The fourth-order valence-corrected chi connectivity index (χ4v) is 3.61. The van der Waals surface area contributed by atoms with Gasteiger partial charge in [-0.05, 0) is 38.1 Å². The van der Waals surface area contributed by atoms with E-state index >= 15 is 0 Å². The van der Waals surface area contributed by atoms with E-state index in [1.807, 2.05) is 19.1 Å². The second-order valence-electron chi connectivity index (χ2n) is 6.96. The van der Waals surface area contributed by atoms with E-state index in [1.165, 1.54) is 4.90 Å². The van der Waals surface area contributed by atoms with Crippen molar-refractivity contribution in [1.29, 1.82) is 0 Å². The van der Waals surface area contributed by atoms with Crippen LogP contribution in [0.25, 0.3) is 0 Å². The van der Waals surface area contributed by atoms with E-state index in [4.69, 9.17) is 0 Å². The molecule has 2 heterocycles. The van der Waals surface area contributed by atoms with Gasteiger partial charge in [-0.15, -0.1) is 0 Å². The molecule has 1 atom stereocenters. The SMILES string of the molecule is Cc1ccc(N2C(=O)N(CCN3C(=O)c4ccccc4C3=O)C(=O)[C@@H]2C)cc1. The largest absolute Gasteiger partial charge is 0.332 e. The number of hydrogen-bond donors (Lipinski definition) is 0. The first kappa shape index (κ1) is 17.9. The Kier molecular flexibility index (Phi) is 4.22. The van der Waals surface area contributed by atoms with Crippen molar-refractivity contribution >= 4 is 29.4 Å². The number of hydrogen-bond acceptors (Lipinski definition) is 4. The van der Waals surface area contributed by atoms with E-state index in [-0.39, 0.29) is 19.0 Å². The smallest absolute Gasteiger partial charge is 0.282 e. The summed E-state index contributed by atoms with van der Waals surface area (Å²) in [5.41, 5.74) is 2.39. The summed E-state index contributed by atoms with van der Waals surface area (Å²) in [5, 5.41) is 0. The molecule has 2 aliphatic rings. The Balaban J connectivity index is 1.51. The Bertz CT molecular complexity index is 964. The molecule has 0 radical (unpaired) electrons. The molecule has 0 spiro atoms. The van der Waals surface area contributed by atoms with Gasteiger partial charge < -0.3 is 0 Å². The number of anilines is 1. The highest BCUT2D eigenvalue weighted by molar-refractivity contribution is 6.21. The van der Waals surface area contributed by atoms with E-state index in [1.54, 1.807) is 43.3 Å². The van der Waals surface area contributed by atoms with Gasteiger partial charge >= 0.3 is 6.03 Å². The quantitative estimate of drug-likeness (QED) is 0.606. The van der Waals surface area contributed by atoms with Gasteiger partial charge in [0.1, 0.15) is 6.04 Å². The molecule has 0 unspecified atom stereocenters. The van der Waals surface area contributed by atoms with Crippen molar-refractivity contribution in [3.8, 4) is 0 Å². The minimum Gasteiger partial charge on any atom is -0.282 e. The Morgan fingerprint density at radius 2 is 1.32 bits per heavy atom. The van der Waals surface area contributed by atoms with E-state index < -0.39 is 23.9 Å². The average Bonchev–Trinajstić information content (AvgIpc) is 3.06. The van der Waals surface area contributed by atoms with Crippen molar-refractivity contribution < 1.29 is 19.2 Å². The summed E-state index contributed by atoms with van der Waals surface area (Å²) < 4.78 is 0. The van der Waals surface area contributed by atoms with E-state index in [2.05, 4.69) is 0 Å². The number of nitrogens with zero attached hydrogens (tertiary/aromatic N) is 3. The molecule has 2 aromatic carbocycles. The first-order valence-corrected chi connectivity index (χ1v) is 9.06. The molecular weight excluding hydrogens is 358 g/mol. The molecule has 28 heavy (non-hydrogen) atoms. The standard InChI is InChI=1S/C21H19N3O4/c1-13-7-9-15(10-8-13)24-14(2)18(25)23(21(24)28)12-11-22-19(26)16-5-3-4-6-17(16)20(22)27/h3-10,14H,11-12H2,1-2H3/t14-/m0/s1. The Labute approximate surface area is 162 Å². The van der Waals surface area contributed by atoms with Gasteiger partial charge in [-0.2, -0.15) is 0 Å². The molecule has 0 N–H and O–H groups in total. The summed E-state index contributed by atoms with van der Waals surface area (Å²) >= 11 is 0. The molecule has 0 aliphatic carbocycles. The molecule has 0 saturated carbocycles. The van der Waals surface area contributed by atoms with Crippen molar-refractivity contribution in [3.63, 3.8) is 0 Å². The van der Waals surface area contributed by atoms with Crippen LogP contribution in [-0.2, 0) is 4.79 Å². The number of urea groups is 1. The van der Waals surface area contributed by atoms with Crippen LogP contribution in [0.3, 0.4) is 0 Å². The number of carbonyl (C=O) groups excluding carboxylic acids is 4. The van der Waals surface area contributed by atoms with Gasteiger partial charge in [0.05, 0.1) is 11.1 Å². The highest BCUT2D eigenvalue weighted by Crippen LogP contribution is 2.27. The molecule has 7 heteroatoms. The summed E-state index contributed by atoms with van der Waals surface area (Å²) in [6.45, 7) is 3.55. The van der Waals surface area contributed by atoms with Gasteiger partial charge in [0.15, 0.2) is 0 Å². The monoisotopic (exact) mass is 377 g/mol. The third-order valence-corrected chi connectivity index (χ3v) is 5.19. The van der Waals surface area contributed by atoms with Crippen molar-refractivity contribution in [2.24, 2.45) is 0 Å². The molecule has 7 nitrogen and oxygen atoms in total. The molecule has 5 amide bonds. The Hall–Kier alpha value is -3.48. The maximum atomic E-state index is 12.8. The van der Waals surface area contributed by atoms with Crippen molar-refractivity contribution in [3.05, 3.63) is 65.2 Å². The second kappa shape index (κ2) is 6.60. The number of carbonyl (C=O) groups is 4.